The summed E-state index contributed by atoms with van der Waals surface area (Å²) in [5.74, 6) is 1.33. The van der Waals surface area contributed by atoms with Crippen molar-refractivity contribution in [3.8, 4) is 5.88 Å². The molecule has 1 aromatic rings. The molecule has 0 amide bonds. The Labute approximate surface area is 104 Å². The zero-order valence-electron chi connectivity index (χ0n) is 9.41. The monoisotopic (exact) mass is 285 g/mol. The van der Waals surface area contributed by atoms with Gasteiger partial charge in [0, 0.05) is 23.8 Å². The van der Waals surface area contributed by atoms with Gasteiger partial charge in [-0.25, -0.2) is 4.98 Å². The lowest BCUT2D eigenvalue weighted by Gasteiger charge is -2.21. The van der Waals surface area contributed by atoms with Crippen molar-refractivity contribution in [2.24, 2.45) is 5.92 Å². The highest BCUT2D eigenvalue weighted by Gasteiger charge is 2.14. The first kappa shape index (κ1) is 11.9. The molecule has 2 rings (SSSR count). The molecule has 1 fully saturated rings. The lowest BCUT2D eigenvalue weighted by Crippen LogP contribution is -2.21. The van der Waals surface area contributed by atoms with E-state index in [-0.39, 0.29) is 0 Å². The minimum absolute atomic E-state index is 0.611. The number of aryl methyl sites for hydroxylation is 1. The van der Waals surface area contributed by atoms with Crippen molar-refractivity contribution in [3.05, 3.63) is 22.3 Å². The summed E-state index contributed by atoms with van der Waals surface area (Å²) in [6.45, 7) is 4.43. The normalized spacial score (nSPS) is 17.4. The van der Waals surface area contributed by atoms with Crippen molar-refractivity contribution in [2.45, 2.75) is 19.8 Å². The van der Waals surface area contributed by atoms with Crippen LogP contribution in [0.2, 0.25) is 0 Å². The van der Waals surface area contributed by atoms with Gasteiger partial charge in [0.2, 0.25) is 5.88 Å². The molecule has 88 valence electrons. The van der Waals surface area contributed by atoms with Crippen molar-refractivity contribution in [3.63, 3.8) is 0 Å². The minimum Gasteiger partial charge on any atom is -0.477 e. The summed E-state index contributed by atoms with van der Waals surface area (Å²) in [6.07, 6.45) is 2.19. The number of ether oxygens (including phenoxy) is 2. The quantitative estimate of drug-likeness (QED) is 0.856. The average molecular weight is 286 g/mol. The van der Waals surface area contributed by atoms with Gasteiger partial charge in [-0.2, -0.15) is 0 Å². The van der Waals surface area contributed by atoms with Gasteiger partial charge < -0.3 is 9.47 Å². The maximum absolute atomic E-state index is 5.69. The molecular weight excluding hydrogens is 270 g/mol. The topological polar surface area (TPSA) is 31.4 Å². The Balaban J connectivity index is 1.86. The number of halogens is 1. The van der Waals surface area contributed by atoms with E-state index < -0.39 is 0 Å². The molecule has 0 N–H and O–H groups in total. The fraction of sp³-hybridized carbons (Fsp3) is 0.583. The Hall–Kier alpha value is -0.610. The molecule has 3 nitrogen and oxygen atoms in total. The Bertz CT molecular complexity index is 351. The van der Waals surface area contributed by atoms with E-state index in [0.29, 0.717) is 11.8 Å². The molecule has 0 saturated carbocycles. The molecule has 0 spiro atoms. The van der Waals surface area contributed by atoms with E-state index in [0.717, 1.165) is 42.8 Å². The van der Waals surface area contributed by atoms with E-state index >= 15 is 0 Å². The van der Waals surface area contributed by atoms with E-state index in [2.05, 4.69) is 20.9 Å². The Kier molecular flexibility index (Phi) is 4.18. The molecule has 1 aromatic heterocycles. The van der Waals surface area contributed by atoms with Crippen molar-refractivity contribution in [1.29, 1.82) is 0 Å². The van der Waals surface area contributed by atoms with E-state index in [9.17, 15) is 0 Å². The van der Waals surface area contributed by atoms with Crippen molar-refractivity contribution in [1.82, 2.24) is 4.98 Å². The highest BCUT2D eigenvalue weighted by atomic mass is 79.9. The van der Waals surface area contributed by atoms with Crippen LogP contribution >= 0.6 is 15.9 Å². The smallest absolute Gasteiger partial charge is 0.213 e. The van der Waals surface area contributed by atoms with E-state index in [1.807, 2.05) is 19.1 Å². The molecule has 16 heavy (non-hydrogen) atoms. The van der Waals surface area contributed by atoms with Gasteiger partial charge in [0.05, 0.1) is 12.3 Å². The molecule has 0 radical (unpaired) electrons. The molecule has 1 aliphatic rings. The maximum Gasteiger partial charge on any atom is 0.213 e. The second-order valence-corrected chi connectivity index (χ2v) is 4.94. The summed E-state index contributed by atoms with van der Waals surface area (Å²) in [4.78, 5) is 4.36. The summed E-state index contributed by atoms with van der Waals surface area (Å²) in [6, 6.07) is 3.87. The van der Waals surface area contributed by atoms with Crippen molar-refractivity contribution >= 4 is 15.9 Å². The maximum atomic E-state index is 5.69. The zero-order chi connectivity index (χ0) is 11.4. The molecule has 1 saturated heterocycles. The second-order valence-electron chi connectivity index (χ2n) is 4.08. The van der Waals surface area contributed by atoms with Crippen LogP contribution in [0.1, 0.15) is 18.5 Å². The van der Waals surface area contributed by atoms with Crippen LogP contribution in [0.5, 0.6) is 5.88 Å². The molecule has 2 heterocycles. The van der Waals surface area contributed by atoms with Crippen LogP contribution in [0, 0.1) is 12.8 Å². The van der Waals surface area contributed by atoms with Gasteiger partial charge in [-0.05, 0) is 47.7 Å². The lowest BCUT2D eigenvalue weighted by atomic mass is 10.0. The fourth-order valence-corrected chi connectivity index (χ4v) is 1.94. The number of nitrogens with zero attached hydrogens (tertiary/aromatic N) is 1. The number of aromatic nitrogens is 1. The molecule has 4 heteroatoms. The molecule has 0 bridgehead atoms. The molecule has 1 aliphatic heterocycles. The summed E-state index contributed by atoms with van der Waals surface area (Å²) in [5, 5.41) is 0. The highest BCUT2D eigenvalue weighted by molar-refractivity contribution is 9.10. The first-order valence-corrected chi connectivity index (χ1v) is 6.38. The summed E-state index contributed by atoms with van der Waals surface area (Å²) >= 11 is 3.42. The fourth-order valence-electron chi connectivity index (χ4n) is 1.72. The molecular formula is C12H16BrNO2. The molecule has 0 atom stereocenters. The third-order valence-electron chi connectivity index (χ3n) is 2.80. The second kappa shape index (κ2) is 5.64. The van der Waals surface area contributed by atoms with E-state index in [4.69, 9.17) is 9.47 Å². The summed E-state index contributed by atoms with van der Waals surface area (Å²) in [5.41, 5.74) is 0.962. The third-order valence-corrected chi connectivity index (χ3v) is 3.64. The number of hydrogen-bond donors (Lipinski definition) is 0. The number of hydrogen-bond acceptors (Lipinski definition) is 3. The SMILES string of the molecule is Cc1nc(OCC2CCOCC2)ccc1Br. The van der Waals surface area contributed by atoms with Crippen LogP contribution in [0.15, 0.2) is 16.6 Å². The van der Waals surface area contributed by atoms with Gasteiger partial charge >= 0.3 is 0 Å². The predicted octanol–water partition coefficient (Wildman–Crippen LogP) is 2.96. The van der Waals surface area contributed by atoms with Gasteiger partial charge in [-0.1, -0.05) is 0 Å². The molecule has 0 unspecified atom stereocenters. The Morgan fingerprint density at radius 2 is 2.19 bits per heavy atom. The average Bonchev–Trinajstić information content (AvgIpc) is 2.32. The standard InChI is InChI=1S/C12H16BrNO2/c1-9-11(13)2-3-12(14-9)16-8-10-4-6-15-7-5-10/h2-3,10H,4-8H2,1H3. The predicted molar refractivity (Wildman–Crippen MR) is 65.7 cm³/mol. The summed E-state index contributed by atoms with van der Waals surface area (Å²) < 4.78 is 12.0. The van der Waals surface area contributed by atoms with Gasteiger partial charge in [0.25, 0.3) is 0 Å². The van der Waals surface area contributed by atoms with Gasteiger partial charge in [-0.3, -0.25) is 0 Å². The van der Waals surface area contributed by atoms with Crippen LogP contribution in [-0.2, 0) is 4.74 Å². The lowest BCUT2D eigenvalue weighted by molar-refractivity contribution is 0.0490. The van der Waals surface area contributed by atoms with E-state index in [1.54, 1.807) is 0 Å². The van der Waals surface area contributed by atoms with Gasteiger partial charge in [0.15, 0.2) is 0 Å². The summed E-state index contributed by atoms with van der Waals surface area (Å²) in [7, 11) is 0. The van der Waals surface area contributed by atoms with Crippen LogP contribution in [0.25, 0.3) is 0 Å². The minimum atomic E-state index is 0.611. The number of rotatable bonds is 3. The van der Waals surface area contributed by atoms with Gasteiger partial charge in [-0.15, -0.1) is 0 Å². The Morgan fingerprint density at radius 1 is 1.44 bits per heavy atom. The zero-order valence-corrected chi connectivity index (χ0v) is 11.0. The van der Waals surface area contributed by atoms with E-state index in [1.165, 1.54) is 0 Å². The van der Waals surface area contributed by atoms with Crippen LogP contribution < -0.4 is 4.74 Å². The van der Waals surface area contributed by atoms with Crippen LogP contribution in [0.3, 0.4) is 0 Å². The van der Waals surface area contributed by atoms with Crippen molar-refractivity contribution < 1.29 is 9.47 Å². The molecule has 0 aliphatic carbocycles. The van der Waals surface area contributed by atoms with Crippen LogP contribution in [-0.4, -0.2) is 24.8 Å². The third kappa shape index (κ3) is 3.19. The Morgan fingerprint density at radius 3 is 2.88 bits per heavy atom. The first-order chi connectivity index (χ1) is 7.75. The van der Waals surface area contributed by atoms with Crippen LogP contribution in [0.4, 0.5) is 0 Å². The van der Waals surface area contributed by atoms with Gasteiger partial charge in [0.1, 0.15) is 0 Å². The van der Waals surface area contributed by atoms with Crippen molar-refractivity contribution in [2.75, 3.05) is 19.8 Å². The first-order valence-electron chi connectivity index (χ1n) is 5.59. The largest absolute Gasteiger partial charge is 0.477 e. The molecule has 0 aromatic carbocycles. The highest BCUT2D eigenvalue weighted by Crippen LogP contribution is 2.20. The number of pyridine rings is 1.